The number of hydrogen-bond acceptors (Lipinski definition) is 4. The third-order valence-electron chi connectivity index (χ3n) is 4.87. The molecule has 2 aromatic carbocycles. The number of ether oxygens (including phenoxy) is 1. The van der Waals surface area contributed by atoms with Crippen LogP contribution >= 0.6 is 0 Å². The zero-order chi connectivity index (χ0) is 20.8. The lowest BCUT2D eigenvalue weighted by molar-refractivity contribution is 0.0949. The van der Waals surface area contributed by atoms with Crippen molar-refractivity contribution in [3.63, 3.8) is 0 Å². The van der Waals surface area contributed by atoms with E-state index in [-0.39, 0.29) is 5.91 Å². The van der Waals surface area contributed by atoms with E-state index in [4.69, 9.17) is 9.72 Å². The summed E-state index contributed by atoms with van der Waals surface area (Å²) >= 11 is 0. The second-order valence-corrected chi connectivity index (χ2v) is 7.11. The lowest BCUT2D eigenvalue weighted by atomic mass is 10.2. The van der Waals surface area contributed by atoms with Crippen LogP contribution < -0.4 is 10.1 Å². The van der Waals surface area contributed by atoms with Gasteiger partial charge in [-0.3, -0.25) is 9.78 Å². The van der Waals surface area contributed by atoms with Gasteiger partial charge in [0.05, 0.1) is 24.2 Å². The molecule has 0 atom stereocenters. The van der Waals surface area contributed by atoms with Crippen LogP contribution in [0.4, 0.5) is 0 Å². The van der Waals surface area contributed by atoms with E-state index in [1.165, 1.54) is 5.56 Å². The molecule has 0 aliphatic heterocycles. The molecule has 6 nitrogen and oxygen atoms in total. The van der Waals surface area contributed by atoms with E-state index in [1.54, 1.807) is 24.5 Å². The minimum atomic E-state index is -0.140. The van der Waals surface area contributed by atoms with E-state index < -0.39 is 0 Å². The molecule has 0 bridgehead atoms. The van der Waals surface area contributed by atoms with Gasteiger partial charge in [0.15, 0.2) is 0 Å². The van der Waals surface area contributed by atoms with Crippen molar-refractivity contribution >= 4 is 16.9 Å². The standard InChI is InChI=1S/C24H24N4O2/c1-18-6-4-7-20(16-18)30-15-5-14-28-22-9-3-2-8-21(22)27-23(28)17-26-24(29)19-10-12-25-13-11-19/h2-4,6-13,16H,5,14-15,17H2,1H3,(H,26,29). The van der Waals surface area contributed by atoms with Gasteiger partial charge in [0, 0.05) is 24.5 Å². The molecule has 0 saturated carbocycles. The van der Waals surface area contributed by atoms with Crippen molar-refractivity contribution in [2.24, 2.45) is 0 Å². The van der Waals surface area contributed by atoms with E-state index in [2.05, 4.69) is 33.9 Å². The molecule has 2 aromatic heterocycles. The number of pyridine rings is 1. The SMILES string of the molecule is Cc1cccc(OCCCn2c(CNC(=O)c3ccncc3)nc3ccccc32)c1. The van der Waals surface area contributed by atoms with Crippen molar-refractivity contribution in [3.05, 3.63) is 90.0 Å². The number of amides is 1. The van der Waals surface area contributed by atoms with Crippen LogP contribution in [0.2, 0.25) is 0 Å². The zero-order valence-corrected chi connectivity index (χ0v) is 16.9. The zero-order valence-electron chi connectivity index (χ0n) is 16.9. The first-order chi connectivity index (χ1) is 14.7. The van der Waals surface area contributed by atoms with Gasteiger partial charge in [-0.05, 0) is 55.3 Å². The Morgan fingerprint density at radius 2 is 1.90 bits per heavy atom. The van der Waals surface area contributed by atoms with Gasteiger partial charge < -0.3 is 14.6 Å². The van der Waals surface area contributed by atoms with Crippen LogP contribution in [0, 0.1) is 6.92 Å². The molecule has 0 unspecified atom stereocenters. The molecule has 0 saturated heterocycles. The van der Waals surface area contributed by atoms with E-state index in [0.717, 1.165) is 35.6 Å². The summed E-state index contributed by atoms with van der Waals surface area (Å²) in [7, 11) is 0. The molecule has 0 fully saturated rings. The molecular weight excluding hydrogens is 376 g/mol. The Morgan fingerprint density at radius 3 is 2.73 bits per heavy atom. The lowest BCUT2D eigenvalue weighted by Gasteiger charge is -2.11. The summed E-state index contributed by atoms with van der Waals surface area (Å²) in [4.78, 5) is 21.1. The normalized spacial score (nSPS) is 10.8. The number of aryl methyl sites for hydroxylation is 2. The number of benzene rings is 2. The number of nitrogens with zero attached hydrogens (tertiary/aromatic N) is 3. The summed E-state index contributed by atoms with van der Waals surface area (Å²) in [6.07, 6.45) is 4.05. The summed E-state index contributed by atoms with van der Waals surface area (Å²) in [5.74, 6) is 1.57. The van der Waals surface area contributed by atoms with E-state index in [9.17, 15) is 4.79 Å². The molecule has 1 N–H and O–H groups in total. The number of nitrogens with one attached hydrogen (secondary N) is 1. The molecule has 0 spiro atoms. The second kappa shape index (κ2) is 9.22. The highest BCUT2D eigenvalue weighted by Gasteiger charge is 2.12. The monoisotopic (exact) mass is 400 g/mol. The summed E-state index contributed by atoms with van der Waals surface area (Å²) in [6, 6.07) is 19.5. The molecule has 30 heavy (non-hydrogen) atoms. The van der Waals surface area contributed by atoms with Crippen LogP contribution in [0.1, 0.15) is 28.2 Å². The molecule has 4 aromatic rings. The quantitative estimate of drug-likeness (QED) is 0.451. The Hall–Kier alpha value is -3.67. The van der Waals surface area contributed by atoms with Crippen molar-refractivity contribution in [3.8, 4) is 5.75 Å². The smallest absolute Gasteiger partial charge is 0.251 e. The molecule has 0 aliphatic carbocycles. The molecular formula is C24H24N4O2. The van der Waals surface area contributed by atoms with Crippen LogP contribution in [-0.2, 0) is 13.1 Å². The highest BCUT2D eigenvalue weighted by molar-refractivity contribution is 5.93. The third-order valence-corrected chi connectivity index (χ3v) is 4.87. The van der Waals surface area contributed by atoms with Gasteiger partial charge in [0.1, 0.15) is 11.6 Å². The van der Waals surface area contributed by atoms with Gasteiger partial charge in [0.25, 0.3) is 5.91 Å². The Balaban J connectivity index is 1.43. The van der Waals surface area contributed by atoms with Crippen LogP contribution in [0.25, 0.3) is 11.0 Å². The molecule has 0 radical (unpaired) electrons. The average molecular weight is 400 g/mol. The Labute approximate surface area is 175 Å². The maximum atomic E-state index is 12.4. The van der Waals surface area contributed by atoms with Crippen molar-refractivity contribution in [1.29, 1.82) is 0 Å². The Bertz CT molecular complexity index is 1140. The van der Waals surface area contributed by atoms with Gasteiger partial charge in [0.2, 0.25) is 0 Å². The maximum Gasteiger partial charge on any atom is 0.251 e. The number of carbonyl (C=O) groups excluding carboxylic acids is 1. The minimum absolute atomic E-state index is 0.140. The molecule has 4 rings (SSSR count). The number of fused-ring (bicyclic) bond motifs is 1. The first kappa shape index (κ1) is 19.6. The van der Waals surface area contributed by atoms with E-state index >= 15 is 0 Å². The van der Waals surface area contributed by atoms with Crippen LogP contribution in [0.5, 0.6) is 5.75 Å². The topological polar surface area (TPSA) is 69.0 Å². The number of hydrogen-bond donors (Lipinski definition) is 1. The van der Waals surface area contributed by atoms with Crippen molar-refractivity contribution < 1.29 is 9.53 Å². The van der Waals surface area contributed by atoms with Crippen molar-refractivity contribution in [2.75, 3.05) is 6.61 Å². The fourth-order valence-corrected chi connectivity index (χ4v) is 3.39. The summed E-state index contributed by atoms with van der Waals surface area (Å²) in [6.45, 7) is 3.77. The molecule has 152 valence electrons. The van der Waals surface area contributed by atoms with Crippen LogP contribution in [0.15, 0.2) is 73.1 Å². The maximum absolute atomic E-state index is 12.4. The molecule has 1 amide bonds. The molecule has 2 heterocycles. The fraction of sp³-hybridized carbons (Fsp3) is 0.208. The van der Waals surface area contributed by atoms with Crippen LogP contribution in [-0.4, -0.2) is 27.0 Å². The summed E-state index contributed by atoms with van der Waals surface area (Å²) in [5.41, 5.74) is 3.74. The van der Waals surface area contributed by atoms with Gasteiger partial charge >= 0.3 is 0 Å². The highest BCUT2D eigenvalue weighted by atomic mass is 16.5. The fourth-order valence-electron chi connectivity index (χ4n) is 3.39. The second-order valence-electron chi connectivity index (χ2n) is 7.11. The molecule has 0 aliphatic rings. The number of rotatable bonds is 8. The highest BCUT2D eigenvalue weighted by Crippen LogP contribution is 2.17. The average Bonchev–Trinajstić information content (AvgIpc) is 3.13. The minimum Gasteiger partial charge on any atom is -0.494 e. The van der Waals surface area contributed by atoms with E-state index in [0.29, 0.717) is 18.7 Å². The number of imidazole rings is 1. The number of aromatic nitrogens is 3. The van der Waals surface area contributed by atoms with Crippen LogP contribution in [0.3, 0.4) is 0 Å². The predicted molar refractivity (Wildman–Crippen MR) is 116 cm³/mol. The van der Waals surface area contributed by atoms with E-state index in [1.807, 2.05) is 36.4 Å². The Morgan fingerprint density at radius 1 is 1.07 bits per heavy atom. The third kappa shape index (κ3) is 4.66. The lowest BCUT2D eigenvalue weighted by Crippen LogP contribution is -2.25. The number of carbonyl (C=O) groups is 1. The van der Waals surface area contributed by atoms with Gasteiger partial charge in [-0.25, -0.2) is 4.98 Å². The van der Waals surface area contributed by atoms with Crippen molar-refractivity contribution in [2.45, 2.75) is 26.4 Å². The first-order valence-electron chi connectivity index (χ1n) is 10.0. The van der Waals surface area contributed by atoms with Gasteiger partial charge in [-0.1, -0.05) is 24.3 Å². The molecule has 6 heteroatoms. The predicted octanol–water partition coefficient (Wildman–Crippen LogP) is 4.14. The number of para-hydroxylation sites is 2. The first-order valence-corrected chi connectivity index (χ1v) is 10.0. The van der Waals surface area contributed by atoms with Gasteiger partial charge in [-0.2, -0.15) is 0 Å². The largest absolute Gasteiger partial charge is 0.494 e. The van der Waals surface area contributed by atoms with Crippen molar-refractivity contribution in [1.82, 2.24) is 19.9 Å². The summed E-state index contributed by atoms with van der Waals surface area (Å²) < 4.78 is 8.04. The van der Waals surface area contributed by atoms with Gasteiger partial charge in [-0.15, -0.1) is 0 Å². The Kier molecular flexibility index (Phi) is 6.03. The summed E-state index contributed by atoms with van der Waals surface area (Å²) in [5, 5.41) is 2.96.